The fourth-order valence-electron chi connectivity index (χ4n) is 4.35. The molecule has 1 aromatic rings. The summed E-state index contributed by atoms with van der Waals surface area (Å²) in [6, 6.07) is 6.00. The normalized spacial score (nSPS) is 38.8. The van der Waals surface area contributed by atoms with Crippen LogP contribution in [0.15, 0.2) is 24.3 Å². The van der Waals surface area contributed by atoms with Gasteiger partial charge in [-0.05, 0) is 86.3 Å². The van der Waals surface area contributed by atoms with Crippen molar-refractivity contribution in [2.75, 3.05) is 0 Å². The van der Waals surface area contributed by atoms with Gasteiger partial charge in [-0.2, -0.15) is 0 Å². The average Bonchev–Trinajstić information content (AvgIpc) is 2.71. The van der Waals surface area contributed by atoms with Crippen LogP contribution in [0.5, 0.6) is 5.75 Å². The number of aldehydes is 1. The maximum absolute atomic E-state index is 12.3. The van der Waals surface area contributed by atoms with Crippen molar-refractivity contribution in [3.63, 3.8) is 0 Å². The third-order valence-electron chi connectivity index (χ3n) is 5.81. The SMILES string of the molecule is [2H]C1C(C2CCC(c3ccc(OC(F)(F)F)cc3)CC2)CCC([2H])(CCC=O)C1([2H])[2H]. The van der Waals surface area contributed by atoms with Crippen LogP contribution in [0.25, 0.3) is 0 Å². The average molecular weight is 386 g/mol. The largest absolute Gasteiger partial charge is 0.573 e. The Morgan fingerprint density at radius 3 is 2.37 bits per heavy atom. The number of halogens is 3. The molecule has 0 saturated heterocycles. The molecule has 0 heterocycles. The number of hydrogen-bond acceptors (Lipinski definition) is 2. The zero-order valence-electron chi connectivity index (χ0n) is 19.3. The summed E-state index contributed by atoms with van der Waals surface area (Å²) in [5.74, 6) is -1.32. The second kappa shape index (κ2) is 9.11. The van der Waals surface area contributed by atoms with Gasteiger partial charge in [0.15, 0.2) is 0 Å². The third kappa shape index (κ3) is 5.98. The molecule has 2 aliphatic rings. The van der Waals surface area contributed by atoms with Gasteiger partial charge in [-0.25, -0.2) is 0 Å². The maximum atomic E-state index is 12.3. The summed E-state index contributed by atoms with van der Waals surface area (Å²) in [5, 5.41) is 0. The van der Waals surface area contributed by atoms with Gasteiger partial charge in [-0.1, -0.05) is 24.9 Å². The first kappa shape index (κ1) is 15.4. The van der Waals surface area contributed by atoms with Gasteiger partial charge in [-0.15, -0.1) is 13.2 Å². The summed E-state index contributed by atoms with van der Waals surface area (Å²) < 4.78 is 74.9. The number of alkyl halides is 3. The molecule has 0 spiro atoms. The van der Waals surface area contributed by atoms with E-state index >= 15 is 0 Å². The van der Waals surface area contributed by atoms with Crippen LogP contribution < -0.4 is 4.74 Å². The van der Waals surface area contributed by atoms with Crippen LogP contribution in [0.3, 0.4) is 0 Å². The molecular weight excluding hydrogens is 353 g/mol. The van der Waals surface area contributed by atoms with Crippen molar-refractivity contribution in [3.05, 3.63) is 29.8 Å². The van der Waals surface area contributed by atoms with Crippen molar-refractivity contribution >= 4 is 6.29 Å². The maximum Gasteiger partial charge on any atom is 0.573 e. The molecule has 0 aromatic heterocycles. The van der Waals surface area contributed by atoms with Gasteiger partial charge in [0.2, 0.25) is 0 Å². The molecule has 0 N–H and O–H groups in total. The van der Waals surface area contributed by atoms with Crippen LogP contribution in [0.2, 0.25) is 0 Å². The molecule has 2 fully saturated rings. The molecule has 2 aliphatic carbocycles. The van der Waals surface area contributed by atoms with Gasteiger partial charge in [0.05, 0.1) is 0 Å². The number of hydrogen-bond donors (Lipinski definition) is 0. The number of benzene rings is 1. The van der Waals surface area contributed by atoms with Crippen molar-refractivity contribution in [1.82, 2.24) is 0 Å². The van der Waals surface area contributed by atoms with E-state index in [4.69, 9.17) is 5.48 Å². The lowest BCUT2D eigenvalue weighted by Crippen LogP contribution is -2.25. The highest BCUT2D eigenvalue weighted by Crippen LogP contribution is 2.44. The smallest absolute Gasteiger partial charge is 0.406 e. The fourth-order valence-corrected chi connectivity index (χ4v) is 4.35. The van der Waals surface area contributed by atoms with Crippen molar-refractivity contribution in [2.45, 2.75) is 76.4 Å². The van der Waals surface area contributed by atoms with E-state index in [9.17, 15) is 18.0 Å². The Bertz CT molecular complexity index is 748. The number of rotatable bonds is 6. The van der Waals surface area contributed by atoms with E-state index in [1.165, 1.54) is 12.1 Å². The zero-order valence-corrected chi connectivity index (χ0v) is 15.3. The Labute approximate surface area is 165 Å². The first-order chi connectivity index (χ1) is 14.5. The minimum Gasteiger partial charge on any atom is -0.406 e. The van der Waals surface area contributed by atoms with E-state index in [0.717, 1.165) is 31.2 Å². The van der Waals surface area contributed by atoms with Gasteiger partial charge < -0.3 is 9.53 Å². The lowest BCUT2D eigenvalue weighted by molar-refractivity contribution is -0.274. The molecular formula is C22H29F3O2. The monoisotopic (exact) mass is 386 g/mol. The van der Waals surface area contributed by atoms with E-state index in [1.54, 1.807) is 12.1 Å². The topological polar surface area (TPSA) is 26.3 Å². The second-order valence-corrected chi connectivity index (χ2v) is 7.55. The Hall–Kier alpha value is -1.52. The van der Waals surface area contributed by atoms with Crippen LogP contribution in [0, 0.1) is 17.7 Å². The molecule has 0 bridgehead atoms. The van der Waals surface area contributed by atoms with Crippen LogP contribution in [0.4, 0.5) is 13.2 Å². The minimum atomic E-state index is -4.71. The third-order valence-corrected chi connectivity index (χ3v) is 5.81. The Morgan fingerprint density at radius 2 is 1.74 bits per heavy atom. The standard InChI is InChI=1S/C22H29F3O2/c23-22(24,25)27-21-13-11-20(12-14-21)19-9-7-18(8-10-19)17-5-3-16(4-6-17)2-1-15-26/h11-19H,1-10H2/i3D2,5D,16D. The molecule has 3 rings (SSSR count). The molecule has 5 heteroatoms. The highest BCUT2D eigenvalue weighted by Gasteiger charge is 2.32. The van der Waals surface area contributed by atoms with E-state index in [2.05, 4.69) is 4.74 Å². The van der Waals surface area contributed by atoms with Crippen LogP contribution in [-0.2, 0) is 4.79 Å². The number of carbonyl (C=O) groups excluding carboxylic acids is 1. The van der Waals surface area contributed by atoms with Gasteiger partial charge >= 0.3 is 6.36 Å². The molecule has 3 unspecified atom stereocenters. The Balaban J connectivity index is 1.59. The summed E-state index contributed by atoms with van der Waals surface area (Å²) in [5.41, 5.74) is 0.966. The molecule has 27 heavy (non-hydrogen) atoms. The zero-order chi connectivity index (χ0) is 22.9. The molecule has 150 valence electrons. The fraction of sp³-hybridized carbons (Fsp3) is 0.682. The molecule has 2 saturated carbocycles. The van der Waals surface area contributed by atoms with Crippen LogP contribution in [0.1, 0.15) is 81.1 Å². The number of ether oxygens (including phenoxy) is 1. The summed E-state index contributed by atoms with van der Waals surface area (Å²) in [6.45, 7) is 0. The van der Waals surface area contributed by atoms with E-state index in [1.807, 2.05) is 0 Å². The minimum absolute atomic E-state index is 0.117. The van der Waals surface area contributed by atoms with Gasteiger partial charge in [0, 0.05) is 11.9 Å². The van der Waals surface area contributed by atoms with Gasteiger partial charge in [-0.3, -0.25) is 0 Å². The van der Waals surface area contributed by atoms with E-state index < -0.39 is 25.0 Å². The summed E-state index contributed by atoms with van der Waals surface area (Å²) in [7, 11) is 0. The molecule has 1 aromatic carbocycles. The van der Waals surface area contributed by atoms with Crippen molar-refractivity contribution < 1.29 is 28.2 Å². The quantitative estimate of drug-likeness (QED) is 0.512. The molecule has 3 atom stereocenters. The highest BCUT2D eigenvalue weighted by atomic mass is 19.4. The Kier molecular flexibility index (Phi) is 5.20. The summed E-state index contributed by atoms with van der Waals surface area (Å²) >= 11 is 0. The van der Waals surface area contributed by atoms with Crippen LogP contribution in [-0.4, -0.2) is 12.6 Å². The van der Waals surface area contributed by atoms with Gasteiger partial charge in [0.1, 0.15) is 12.0 Å². The van der Waals surface area contributed by atoms with Crippen LogP contribution >= 0.6 is 0 Å². The Morgan fingerprint density at radius 1 is 1.07 bits per heavy atom. The predicted octanol–water partition coefficient (Wildman–Crippen LogP) is 6.64. The first-order valence-corrected chi connectivity index (χ1v) is 9.68. The molecule has 0 amide bonds. The van der Waals surface area contributed by atoms with E-state index in [0.29, 0.717) is 19.1 Å². The highest BCUT2D eigenvalue weighted by molar-refractivity contribution is 5.49. The summed E-state index contributed by atoms with van der Waals surface area (Å²) in [4.78, 5) is 10.7. The summed E-state index contributed by atoms with van der Waals surface area (Å²) in [6.07, 6.45) is -2.35. The molecule has 0 aliphatic heterocycles. The van der Waals surface area contributed by atoms with E-state index in [-0.39, 0.29) is 36.3 Å². The van der Waals surface area contributed by atoms with Crippen molar-refractivity contribution in [2.24, 2.45) is 17.7 Å². The number of carbonyl (C=O) groups is 1. The second-order valence-electron chi connectivity index (χ2n) is 7.55. The van der Waals surface area contributed by atoms with Crippen molar-refractivity contribution in [3.8, 4) is 5.75 Å². The molecule has 2 nitrogen and oxygen atoms in total. The van der Waals surface area contributed by atoms with Crippen molar-refractivity contribution in [1.29, 1.82) is 0 Å². The molecule has 0 radical (unpaired) electrons. The first-order valence-electron chi connectivity index (χ1n) is 11.8. The van der Waals surface area contributed by atoms with Gasteiger partial charge in [0.25, 0.3) is 0 Å². The lowest BCUT2D eigenvalue weighted by atomic mass is 9.68. The lowest BCUT2D eigenvalue weighted by Gasteiger charge is -2.38. The predicted molar refractivity (Wildman–Crippen MR) is 98.6 cm³/mol.